The lowest BCUT2D eigenvalue weighted by Crippen LogP contribution is -2.17. The van der Waals surface area contributed by atoms with Gasteiger partial charge in [0, 0.05) is 8.07 Å². The SMILES string of the molecule is C[Si](C)(C)C/C=C/CCc1ccccc1. The van der Waals surface area contributed by atoms with Crippen molar-refractivity contribution in [3.8, 4) is 0 Å². The highest BCUT2D eigenvalue weighted by atomic mass is 28.3. The Morgan fingerprint density at radius 3 is 2.27 bits per heavy atom. The third kappa shape index (κ3) is 6.29. The molecule has 0 aliphatic heterocycles. The molecule has 0 bridgehead atoms. The second-order valence-corrected chi connectivity index (χ2v) is 10.8. The molecule has 1 aromatic carbocycles. The molecule has 1 aromatic rings. The molecule has 15 heavy (non-hydrogen) atoms. The molecule has 0 nitrogen and oxygen atoms in total. The minimum absolute atomic E-state index is 0.873. The fraction of sp³-hybridized carbons (Fsp3) is 0.429. The fourth-order valence-electron chi connectivity index (χ4n) is 1.45. The minimum Gasteiger partial charge on any atom is -0.0912 e. The van der Waals surface area contributed by atoms with Crippen LogP contribution in [0.5, 0.6) is 0 Å². The molecule has 0 spiro atoms. The summed E-state index contributed by atoms with van der Waals surface area (Å²) in [5, 5.41) is 0. The summed E-state index contributed by atoms with van der Waals surface area (Å²) in [5.41, 5.74) is 1.44. The molecule has 0 aliphatic rings. The molecule has 0 unspecified atom stereocenters. The maximum Gasteiger partial charge on any atom is 0.0480 e. The van der Waals surface area contributed by atoms with E-state index in [4.69, 9.17) is 0 Å². The van der Waals surface area contributed by atoms with Crippen molar-refractivity contribution in [1.82, 2.24) is 0 Å². The number of hydrogen-bond donors (Lipinski definition) is 0. The molecular weight excluding hydrogens is 196 g/mol. The lowest BCUT2D eigenvalue weighted by molar-refractivity contribution is 0.999. The van der Waals surface area contributed by atoms with Gasteiger partial charge in [-0.3, -0.25) is 0 Å². The van der Waals surface area contributed by atoms with E-state index >= 15 is 0 Å². The van der Waals surface area contributed by atoms with Crippen LogP contribution in [0.1, 0.15) is 12.0 Å². The Bertz CT molecular complexity index is 293. The van der Waals surface area contributed by atoms with Gasteiger partial charge in [0.2, 0.25) is 0 Å². The van der Waals surface area contributed by atoms with Crippen molar-refractivity contribution in [2.24, 2.45) is 0 Å². The molecule has 0 saturated heterocycles. The summed E-state index contributed by atoms with van der Waals surface area (Å²) in [4.78, 5) is 0. The molecule has 0 saturated carbocycles. The van der Waals surface area contributed by atoms with Crippen LogP contribution in [0.25, 0.3) is 0 Å². The van der Waals surface area contributed by atoms with E-state index in [1.54, 1.807) is 0 Å². The van der Waals surface area contributed by atoms with Crippen molar-refractivity contribution in [3.63, 3.8) is 0 Å². The predicted octanol–water partition coefficient (Wildman–Crippen LogP) is 4.51. The standard InChI is InChI=1S/C14H22Si/c1-15(2,3)13-9-5-8-12-14-10-6-4-7-11-14/h4-7,9-11H,8,12-13H2,1-3H3/b9-5+. The summed E-state index contributed by atoms with van der Waals surface area (Å²) in [6.45, 7) is 7.23. The Labute approximate surface area is 95.0 Å². The van der Waals surface area contributed by atoms with E-state index in [1.165, 1.54) is 24.4 Å². The number of hydrogen-bond acceptors (Lipinski definition) is 0. The van der Waals surface area contributed by atoms with Crippen LogP contribution in [0.15, 0.2) is 42.5 Å². The van der Waals surface area contributed by atoms with Crippen LogP contribution in [0, 0.1) is 0 Å². The quantitative estimate of drug-likeness (QED) is 0.504. The van der Waals surface area contributed by atoms with E-state index in [1.807, 2.05) is 0 Å². The Morgan fingerprint density at radius 1 is 1.00 bits per heavy atom. The first-order chi connectivity index (χ1) is 7.08. The zero-order valence-electron chi connectivity index (χ0n) is 10.2. The van der Waals surface area contributed by atoms with Gasteiger partial charge in [-0.05, 0) is 24.4 Å². The lowest BCUT2D eigenvalue weighted by Gasteiger charge is -2.11. The summed E-state index contributed by atoms with van der Waals surface area (Å²) in [6.07, 6.45) is 7.05. The van der Waals surface area contributed by atoms with E-state index < -0.39 is 8.07 Å². The Morgan fingerprint density at radius 2 is 1.67 bits per heavy atom. The highest BCUT2D eigenvalue weighted by molar-refractivity contribution is 6.76. The van der Waals surface area contributed by atoms with E-state index in [0.717, 1.165) is 0 Å². The van der Waals surface area contributed by atoms with Crippen LogP contribution in [-0.2, 0) is 6.42 Å². The largest absolute Gasteiger partial charge is 0.0912 e. The molecule has 0 aliphatic carbocycles. The monoisotopic (exact) mass is 218 g/mol. The topological polar surface area (TPSA) is 0 Å². The zero-order chi connectivity index (χ0) is 11.1. The summed E-state index contributed by atoms with van der Waals surface area (Å²) in [7, 11) is -0.873. The van der Waals surface area contributed by atoms with E-state index in [9.17, 15) is 0 Å². The first-order valence-corrected chi connectivity index (χ1v) is 9.47. The first-order valence-electron chi connectivity index (χ1n) is 5.77. The summed E-state index contributed by atoms with van der Waals surface area (Å²) < 4.78 is 0. The fourth-order valence-corrected chi connectivity index (χ4v) is 2.32. The van der Waals surface area contributed by atoms with Gasteiger partial charge in [-0.15, -0.1) is 0 Å². The van der Waals surface area contributed by atoms with Crippen molar-refractivity contribution in [2.75, 3.05) is 0 Å². The lowest BCUT2D eigenvalue weighted by atomic mass is 10.1. The van der Waals surface area contributed by atoms with Gasteiger partial charge in [0.05, 0.1) is 0 Å². The third-order valence-corrected chi connectivity index (χ3v) is 3.80. The maximum absolute atomic E-state index is 2.41. The van der Waals surface area contributed by atoms with Gasteiger partial charge in [-0.1, -0.05) is 62.1 Å². The van der Waals surface area contributed by atoms with Crippen molar-refractivity contribution in [3.05, 3.63) is 48.0 Å². The van der Waals surface area contributed by atoms with Gasteiger partial charge < -0.3 is 0 Å². The van der Waals surface area contributed by atoms with Gasteiger partial charge in [-0.25, -0.2) is 0 Å². The molecule has 1 heteroatoms. The molecule has 82 valence electrons. The summed E-state index contributed by atoms with van der Waals surface area (Å²) in [5.74, 6) is 0. The number of benzene rings is 1. The second kappa shape index (κ2) is 5.91. The molecule has 0 amide bonds. The van der Waals surface area contributed by atoms with Crippen LogP contribution in [-0.4, -0.2) is 8.07 Å². The van der Waals surface area contributed by atoms with Crippen molar-refractivity contribution in [2.45, 2.75) is 38.5 Å². The zero-order valence-corrected chi connectivity index (χ0v) is 11.2. The third-order valence-electron chi connectivity index (χ3n) is 2.34. The van der Waals surface area contributed by atoms with Gasteiger partial charge in [0.25, 0.3) is 0 Å². The molecule has 0 radical (unpaired) electrons. The Hall–Kier alpha value is -0.823. The smallest absolute Gasteiger partial charge is 0.0480 e. The highest BCUT2D eigenvalue weighted by Crippen LogP contribution is 2.09. The molecule has 1 rings (SSSR count). The van der Waals surface area contributed by atoms with Crippen molar-refractivity contribution in [1.29, 1.82) is 0 Å². The highest BCUT2D eigenvalue weighted by Gasteiger charge is 2.08. The Balaban J connectivity index is 2.22. The molecule has 0 heterocycles. The van der Waals surface area contributed by atoms with Gasteiger partial charge >= 0.3 is 0 Å². The average molecular weight is 218 g/mol. The van der Waals surface area contributed by atoms with E-state index in [2.05, 4.69) is 62.1 Å². The van der Waals surface area contributed by atoms with Crippen LogP contribution in [0.2, 0.25) is 25.7 Å². The predicted molar refractivity (Wildman–Crippen MR) is 72.1 cm³/mol. The minimum atomic E-state index is -0.873. The van der Waals surface area contributed by atoms with Crippen molar-refractivity contribution >= 4 is 8.07 Å². The van der Waals surface area contributed by atoms with Crippen LogP contribution in [0.3, 0.4) is 0 Å². The number of rotatable bonds is 5. The van der Waals surface area contributed by atoms with Crippen molar-refractivity contribution < 1.29 is 0 Å². The Kier molecular flexibility index (Phi) is 4.83. The normalized spacial score (nSPS) is 12.2. The summed E-state index contributed by atoms with van der Waals surface area (Å²) in [6, 6.07) is 12.0. The van der Waals surface area contributed by atoms with Gasteiger partial charge in [0.1, 0.15) is 0 Å². The molecule has 0 fully saturated rings. The van der Waals surface area contributed by atoms with Gasteiger partial charge in [-0.2, -0.15) is 0 Å². The molecule has 0 aromatic heterocycles. The van der Waals surface area contributed by atoms with Crippen LogP contribution < -0.4 is 0 Å². The number of aryl methyl sites for hydroxylation is 1. The van der Waals surface area contributed by atoms with Crippen LogP contribution in [0.4, 0.5) is 0 Å². The van der Waals surface area contributed by atoms with E-state index in [-0.39, 0.29) is 0 Å². The molecule has 0 atom stereocenters. The second-order valence-electron chi connectivity index (χ2n) is 5.26. The van der Waals surface area contributed by atoms with Crippen LogP contribution >= 0.6 is 0 Å². The maximum atomic E-state index is 2.41. The average Bonchev–Trinajstić information content (AvgIpc) is 2.17. The molecule has 0 N–H and O–H groups in total. The first kappa shape index (κ1) is 12.2. The molecular formula is C14H22Si. The number of allylic oxidation sites excluding steroid dienone is 2. The van der Waals surface area contributed by atoms with Gasteiger partial charge in [0.15, 0.2) is 0 Å². The summed E-state index contributed by atoms with van der Waals surface area (Å²) >= 11 is 0. The van der Waals surface area contributed by atoms with E-state index in [0.29, 0.717) is 0 Å².